The summed E-state index contributed by atoms with van der Waals surface area (Å²) < 4.78 is 9.38. The highest BCUT2D eigenvalue weighted by Gasteiger charge is 2.10. The highest BCUT2D eigenvalue weighted by atomic mass is 16.7. The van der Waals surface area contributed by atoms with Crippen molar-refractivity contribution in [3.05, 3.63) is 35.9 Å². The lowest BCUT2D eigenvalue weighted by molar-refractivity contribution is -0.185. The van der Waals surface area contributed by atoms with E-state index < -0.39 is 13.1 Å². The lowest BCUT2D eigenvalue weighted by Gasteiger charge is -2.13. The van der Waals surface area contributed by atoms with E-state index in [1.54, 1.807) is 24.3 Å². The summed E-state index contributed by atoms with van der Waals surface area (Å²) >= 11 is 0. The van der Waals surface area contributed by atoms with Gasteiger partial charge in [-0.2, -0.15) is 0 Å². The van der Waals surface area contributed by atoms with Crippen molar-refractivity contribution in [3.8, 4) is 0 Å². The highest BCUT2D eigenvalue weighted by molar-refractivity contribution is 5.38. The lowest BCUT2D eigenvalue weighted by Crippen LogP contribution is -2.08. The number of rotatable bonds is 5. The van der Waals surface area contributed by atoms with Gasteiger partial charge in [0.25, 0.3) is 6.47 Å². The van der Waals surface area contributed by atoms with Crippen LogP contribution in [0.5, 0.6) is 0 Å². The number of benzene rings is 1. The zero-order chi connectivity index (χ0) is 9.52. The van der Waals surface area contributed by atoms with Gasteiger partial charge in [-0.3, -0.25) is 4.79 Å². The van der Waals surface area contributed by atoms with Crippen LogP contribution in [0.15, 0.2) is 30.3 Å². The molecule has 1 atom stereocenters. The molecule has 0 aliphatic heterocycles. The Morgan fingerprint density at radius 1 is 1.38 bits per heavy atom. The Kier molecular flexibility index (Phi) is 3.95. The van der Waals surface area contributed by atoms with E-state index in [9.17, 15) is 4.79 Å². The van der Waals surface area contributed by atoms with E-state index in [4.69, 9.17) is 9.84 Å². The van der Waals surface area contributed by atoms with Crippen molar-refractivity contribution >= 4 is 6.47 Å². The topological polar surface area (TPSA) is 55.8 Å². The van der Waals surface area contributed by atoms with Gasteiger partial charge in [0, 0.05) is 5.56 Å². The predicted octanol–water partition coefficient (Wildman–Crippen LogP) is 0.825. The van der Waals surface area contributed by atoms with Gasteiger partial charge in [0.2, 0.25) is 6.29 Å². The first-order chi connectivity index (χ1) is 6.38. The minimum atomic E-state index is -0.830. The molecule has 13 heavy (non-hydrogen) atoms. The fraction of sp³-hybridized carbons (Fsp3) is 0.222. The molecule has 0 amide bonds. The lowest BCUT2D eigenvalue weighted by atomic mass is 10.2. The average Bonchev–Trinajstić information content (AvgIpc) is 2.19. The van der Waals surface area contributed by atoms with Crippen LogP contribution in [0.4, 0.5) is 0 Å². The molecule has 0 radical (unpaired) electrons. The maximum absolute atomic E-state index is 10.1. The standard InChI is InChI=1S/C9H10O4/c10-6-12-9(13-7-11)8-4-2-1-3-5-8/h1-6,9,11H,7H2. The minimum Gasteiger partial charge on any atom is -0.433 e. The summed E-state index contributed by atoms with van der Waals surface area (Å²) in [5.74, 6) is 0. The van der Waals surface area contributed by atoms with Gasteiger partial charge >= 0.3 is 0 Å². The van der Waals surface area contributed by atoms with Crippen molar-refractivity contribution in [1.29, 1.82) is 0 Å². The van der Waals surface area contributed by atoms with Crippen LogP contribution in [0.25, 0.3) is 0 Å². The molecule has 1 unspecified atom stereocenters. The molecule has 1 rings (SSSR count). The number of hydrogen-bond donors (Lipinski definition) is 1. The number of aliphatic hydroxyl groups excluding tert-OH is 1. The summed E-state index contributed by atoms with van der Waals surface area (Å²) in [6.45, 7) is -0.208. The quantitative estimate of drug-likeness (QED) is 0.541. The molecule has 4 heteroatoms. The number of ether oxygens (including phenoxy) is 2. The van der Waals surface area contributed by atoms with Gasteiger partial charge in [-0.1, -0.05) is 30.3 Å². The molecular formula is C9H10O4. The zero-order valence-electron chi connectivity index (χ0n) is 6.92. The van der Waals surface area contributed by atoms with Crippen molar-refractivity contribution in [1.82, 2.24) is 0 Å². The van der Waals surface area contributed by atoms with E-state index in [2.05, 4.69) is 4.74 Å². The summed E-state index contributed by atoms with van der Waals surface area (Å²) in [7, 11) is 0. The molecule has 4 nitrogen and oxygen atoms in total. The highest BCUT2D eigenvalue weighted by Crippen LogP contribution is 2.16. The Hall–Kier alpha value is -1.39. The zero-order valence-corrected chi connectivity index (χ0v) is 6.92. The maximum atomic E-state index is 10.1. The maximum Gasteiger partial charge on any atom is 0.295 e. The Bertz CT molecular complexity index is 247. The predicted molar refractivity (Wildman–Crippen MR) is 44.5 cm³/mol. The molecule has 70 valence electrons. The summed E-state index contributed by atoms with van der Waals surface area (Å²) in [6, 6.07) is 8.89. The van der Waals surface area contributed by atoms with Gasteiger partial charge in [-0.25, -0.2) is 0 Å². The molecule has 0 fully saturated rings. The van der Waals surface area contributed by atoms with Gasteiger partial charge in [-0.15, -0.1) is 0 Å². The molecule has 1 aromatic carbocycles. The molecule has 0 aliphatic rings. The Labute approximate surface area is 75.7 Å². The number of carbonyl (C=O) groups excluding carboxylic acids is 1. The van der Waals surface area contributed by atoms with Crippen molar-refractivity contribution in [3.63, 3.8) is 0 Å². The molecule has 0 saturated heterocycles. The van der Waals surface area contributed by atoms with Crippen LogP contribution >= 0.6 is 0 Å². The van der Waals surface area contributed by atoms with Crippen LogP contribution in [0.3, 0.4) is 0 Å². The van der Waals surface area contributed by atoms with E-state index in [-0.39, 0.29) is 6.47 Å². The smallest absolute Gasteiger partial charge is 0.295 e. The molecule has 0 aromatic heterocycles. The molecule has 0 saturated carbocycles. The molecular weight excluding hydrogens is 172 g/mol. The fourth-order valence-electron chi connectivity index (χ4n) is 0.942. The summed E-state index contributed by atoms with van der Waals surface area (Å²) in [5, 5.41) is 8.51. The van der Waals surface area contributed by atoms with Crippen LogP contribution in [0.2, 0.25) is 0 Å². The van der Waals surface area contributed by atoms with Crippen molar-refractivity contribution in [2.24, 2.45) is 0 Å². The third-order valence-electron chi connectivity index (χ3n) is 1.48. The monoisotopic (exact) mass is 182 g/mol. The average molecular weight is 182 g/mol. The normalized spacial score (nSPS) is 12.1. The summed E-state index contributed by atoms with van der Waals surface area (Å²) in [5.41, 5.74) is 0.684. The van der Waals surface area contributed by atoms with Gasteiger partial charge in [0.05, 0.1) is 0 Å². The minimum absolute atomic E-state index is 0.285. The van der Waals surface area contributed by atoms with E-state index in [1.807, 2.05) is 6.07 Å². The van der Waals surface area contributed by atoms with E-state index >= 15 is 0 Å². The van der Waals surface area contributed by atoms with Gasteiger partial charge in [0.15, 0.2) is 0 Å². The third-order valence-corrected chi connectivity index (χ3v) is 1.48. The van der Waals surface area contributed by atoms with E-state index in [0.29, 0.717) is 5.56 Å². The largest absolute Gasteiger partial charge is 0.433 e. The molecule has 0 heterocycles. The first-order valence-electron chi connectivity index (χ1n) is 3.75. The van der Waals surface area contributed by atoms with Crippen LogP contribution in [-0.2, 0) is 14.3 Å². The molecule has 1 N–H and O–H groups in total. The van der Waals surface area contributed by atoms with E-state index in [0.717, 1.165) is 0 Å². The van der Waals surface area contributed by atoms with Crippen molar-refractivity contribution < 1.29 is 19.4 Å². The van der Waals surface area contributed by atoms with Crippen molar-refractivity contribution in [2.75, 3.05) is 6.79 Å². The number of carbonyl (C=O) groups is 1. The fourth-order valence-corrected chi connectivity index (χ4v) is 0.942. The second-order valence-corrected chi connectivity index (χ2v) is 2.27. The Morgan fingerprint density at radius 3 is 2.62 bits per heavy atom. The van der Waals surface area contributed by atoms with Crippen LogP contribution < -0.4 is 0 Å². The number of hydrogen-bond acceptors (Lipinski definition) is 4. The number of aliphatic hydroxyl groups is 1. The van der Waals surface area contributed by atoms with Crippen LogP contribution in [0.1, 0.15) is 11.9 Å². The van der Waals surface area contributed by atoms with Crippen molar-refractivity contribution in [2.45, 2.75) is 6.29 Å². The summed E-state index contributed by atoms with van der Waals surface area (Å²) in [6.07, 6.45) is -0.830. The Morgan fingerprint density at radius 2 is 2.08 bits per heavy atom. The second-order valence-electron chi connectivity index (χ2n) is 2.27. The first kappa shape index (κ1) is 9.70. The first-order valence-corrected chi connectivity index (χ1v) is 3.75. The van der Waals surface area contributed by atoms with Crippen LogP contribution in [0, 0.1) is 0 Å². The van der Waals surface area contributed by atoms with Gasteiger partial charge in [-0.05, 0) is 0 Å². The second kappa shape index (κ2) is 5.29. The van der Waals surface area contributed by atoms with Gasteiger partial charge < -0.3 is 14.6 Å². The molecule has 0 aliphatic carbocycles. The molecule has 0 bridgehead atoms. The summed E-state index contributed by atoms with van der Waals surface area (Å²) in [4.78, 5) is 10.1. The molecule has 1 aromatic rings. The third kappa shape index (κ3) is 2.85. The molecule has 0 spiro atoms. The Balaban J connectivity index is 2.69. The van der Waals surface area contributed by atoms with Crippen LogP contribution in [-0.4, -0.2) is 18.4 Å². The van der Waals surface area contributed by atoms with E-state index in [1.165, 1.54) is 0 Å². The van der Waals surface area contributed by atoms with Gasteiger partial charge in [0.1, 0.15) is 6.79 Å². The SMILES string of the molecule is O=COC(OCO)c1ccccc1.